The maximum Gasteiger partial charge on any atom is 0.234 e. The molecule has 1 aliphatic rings. The van der Waals surface area contributed by atoms with Crippen LogP contribution in [0.2, 0.25) is 0 Å². The molecule has 3 N–H and O–H groups in total. The van der Waals surface area contributed by atoms with Crippen molar-refractivity contribution in [3.63, 3.8) is 0 Å². The van der Waals surface area contributed by atoms with Gasteiger partial charge in [0.15, 0.2) is 0 Å². The molecule has 0 bridgehead atoms. The zero-order chi connectivity index (χ0) is 13.4. The van der Waals surface area contributed by atoms with E-state index in [-0.39, 0.29) is 5.91 Å². The normalized spacial score (nSPS) is 16.7. The highest BCUT2D eigenvalue weighted by Gasteiger charge is 2.21. The van der Waals surface area contributed by atoms with Crippen molar-refractivity contribution in [1.29, 1.82) is 0 Å². The summed E-state index contributed by atoms with van der Waals surface area (Å²) in [6.45, 7) is 6.27. The van der Waals surface area contributed by atoms with Gasteiger partial charge in [0.05, 0.1) is 6.54 Å². The minimum Gasteiger partial charge on any atom is -0.352 e. The Balaban J connectivity index is 2.40. The second kappa shape index (κ2) is 8.48. The van der Waals surface area contributed by atoms with Crippen LogP contribution < -0.4 is 11.1 Å². The summed E-state index contributed by atoms with van der Waals surface area (Å²) in [5.41, 5.74) is 5.64. The molecule has 0 radical (unpaired) electrons. The van der Waals surface area contributed by atoms with E-state index < -0.39 is 0 Å². The van der Waals surface area contributed by atoms with Crippen molar-refractivity contribution in [3.05, 3.63) is 0 Å². The van der Waals surface area contributed by atoms with Crippen LogP contribution in [0.1, 0.15) is 52.4 Å². The van der Waals surface area contributed by atoms with Crippen LogP contribution >= 0.6 is 0 Å². The predicted molar refractivity (Wildman–Crippen MR) is 75.4 cm³/mol. The zero-order valence-electron chi connectivity index (χ0n) is 12.0. The first-order valence-corrected chi connectivity index (χ1v) is 7.44. The number of hydrogen-bond donors (Lipinski definition) is 2. The average Bonchev–Trinajstić information content (AvgIpc) is 2.83. The number of nitrogens with one attached hydrogen (secondary N) is 1. The molecule has 0 spiro atoms. The lowest BCUT2D eigenvalue weighted by molar-refractivity contribution is -0.123. The molecule has 1 aliphatic carbocycles. The summed E-state index contributed by atoms with van der Waals surface area (Å²) < 4.78 is 0. The average molecular weight is 255 g/mol. The van der Waals surface area contributed by atoms with Gasteiger partial charge in [-0.3, -0.25) is 9.69 Å². The van der Waals surface area contributed by atoms with Crippen LogP contribution in [0.25, 0.3) is 0 Å². The lowest BCUT2D eigenvalue weighted by Crippen LogP contribution is -2.46. The molecular weight excluding hydrogens is 226 g/mol. The highest BCUT2D eigenvalue weighted by molar-refractivity contribution is 5.78. The van der Waals surface area contributed by atoms with Gasteiger partial charge in [-0.25, -0.2) is 0 Å². The summed E-state index contributed by atoms with van der Waals surface area (Å²) >= 11 is 0. The maximum absolute atomic E-state index is 12.0. The monoisotopic (exact) mass is 255 g/mol. The highest BCUT2D eigenvalue weighted by atomic mass is 16.2. The Bertz CT molecular complexity index is 235. The third kappa shape index (κ3) is 4.94. The standard InChI is InChI=1S/C14H29N3O/c1-3-13(4-2)17(10-9-15)11-14(18)16-12-7-5-6-8-12/h12-13H,3-11,15H2,1-2H3,(H,16,18). The number of rotatable bonds is 8. The van der Waals surface area contributed by atoms with Crippen LogP contribution in [0.15, 0.2) is 0 Å². The summed E-state index contributed by atoms with van der Waals surface area (Å²) in [5.74, 6) is 0.169. The molecule has 0 aromatic rings. The Kier molecular flexibility index (Phi) is 7.28. The van der Waals surface area contributed by atoms with Crippen LogP contribution in [0.3, 0.4) is 0 Å². The van der Waals surface area contributed by atoms with E-state index in [1.54, 1.807) is 0 Å². The van der Waals surface area contributed by atoms with E-state index in [0.717, 1.165) is 32.2 Å². The van der Waals surface area contributed by atoms with E-state index in [1.807, 2.05) is 0 Å². The molecule has 4 heteroatoms. The van der Waals surface area contributed by atoms with E-state index in [1.165, 1.54) is 12.8 Å². The van der Waals surface area contributed by atoms with Gasteiger partial charge >= 0.3 is 0 Å². The number of nitrogens with zero attached hydrogens (tertiary/aromatic N) is 1. The van der Waals surface area contributed by atoms with E-state index in [2.05, 4.69) is 24.1 Å². The lowest BCUT2D eigenvalue weighted by Gasteiger charge is -2.29. The van der Waals surface area contributed by atoms with Crippen LogP contribution in [-0.2, 0) is 4.79 Å². The van der Waals surface area contributed by atoms with Crippen molar-refractivity contribution in [1.82, 2.24) is 10.2 Å². The molecule has 0 heterocycles. The van der Waals surface area contributed by atoms with E-state index >= 15 is 0 Å². The fraction of sp³-hybridized carbons (Fsp3) is 0.929. The molecule has 0 aromatic carbocycles. The number of nitrogens with two attached hydrogens (primary N) is 1. The maximum atomic E-state index is 12.0. The SMILES string of the molecule is CCC(CC)N(CCN)CC(=O)NC1CCCC1. The van der Waals surface area contributed by atoms with Crippen LogP contribution in [0, 0.1) is 0 Å². The summed E-state index contributed by atoms with van der Waals surface area (Å²) in [7, 11) is 0. The molecular formula is C14H29N3O. The molecule has 0 atom stereocenters. The topological polar surface area (TPSA) is 58.4 Å². The molecule has 0 aromatic heterocycles. The Hall–Kier alpha value is -0.610. The molecule has 4 nitrogen and oxygen atoms in total. The van der Waals surface area contributed by atoms with Crippen LogP contribution in [0.4, 0.5) is 0 Å². The molecule has 0 saturated heterocycles. The van der Waals surface area contributed by atoms with Gasteiger partial charge in [0.2, 0.25) is 5.91 Å². The smallest absolute Gasteiger partial charge is 0.234 e. The fourth-order valence-electron chi connectivity index (χ4n) is 2.89. The minimum absolute atomic E-state index is 0.169. The van der Waals surface area contributed by atoms with Crippen molar-refractivity contribution in [3.8, 4) is 0 Å². The second-order valence-corrected chi connectivity index (χ2v) is 5.28. The van der Waals surface area contributed by atoms with E-state index in [9.17, 15) is 4.79 Å². The fourth-order valence-corrected chi connectivity index (χ4v) is 2.89. The first kappa shape index (κ1) is 15.4. The van der Waals surface area contributed by atoms with Gasteiger partial charge in [0.1, 0.15) is 0 Å². The lowest BCUT2D eigenvalue weighted by atomic mass is 10.1. The number of carbonyl (C=O) groups is 1. The first-order valence-electron chi connectivity index (χ1n) is 7.44. The van der Waals surface area contributed by atoms with Crippen LogP contribution in [0.5, 0.6) is 0 Å². The summed E-state index contributed by atoms with van der Waals surface area (Å²) in [5, 5.41) is 3.15. The molecule has 0 unspecified atom stereocenters. The molecule has 1 rings (SSSR count). The van der Waals surface area contributed by atoms with Crippen LogP contribution in [-0.4, -0.2) is 42.5 Å². The summed E-state index contributed by atoms with van der Waals surface area (Å²) in [6, 6.07) is 0.891. The van der Waals surface area contributed by atoms with Gasteiger partial charge in [-0.05, 0) is 25.7 Å². The Morgan fingerprint density at radius 1 is 1.33 bits per heavy atom. The van der Waals surface area contributed by atoms with E-state index in [4.69, 9.17) is 5.73 Å². The Labute approximate surface area is 111 Å². The number of hydrogen-bond acceptors (Lipinski definition) is 3. The van der Waals surface area contributed by atoms with Gasteiger partial charge in [0.25, 0.3) is 0 Å². The van der Waals surface area contributed by atoms with Gasteiger partial charge in [-0.1, -0.05) is 26.7 Å². The van der Waals surface area contributed by atoms with Crippen molar-refractivity contribution in [2.75, 3.05) is 19.6 Å². The minimum atomic E-state index is 0.169. The van der Waals surface area contributed by atoms with Crippen molar-refractivity contribution in [2.24, 2.45) is 5.73 Å². The van der Waals surface area contributed by atoms with Crippen molar-refractivity contribution in [2.45, 2.75) is 64.5 Å². The Morgan fingerprint density at radius 2 is 1.94 bits per heavy atom. The molecule has 18 heavy (non-hydrogen) atoms. The molecule has 1 amide bonds. The van der Waals surface area contributed by atoms with Gasteiger partial charge in [-0.15, -0.1) is 0 Å². The van der Waals surface area contributed by atoms with E-state index in [0.29, 0.717) is 25.2 Å². The van der Waals surface area contributed by atoms with Gasteiger partial charge < -0.3 is 11.1 Å². The van der Waals surface area contributed by atoms with Gasteiger partial charge in [0, 0.05) is 25.2 Å². The number of carbonyl (C=O) groups excluding carboxylic acids is 1. The Morgan fingerprint density at radius 3 is 2.44 bits per heavy atom. The third-order valence-corrected chi connectivity index (χ3v) is 3.94. The summed E-state index contributed by atoms with van der Waals surface area (Å²) in [6.07, 6.45) is 6.95. The second-order valence-electron chi connectivity index (χ2n) is 5.28. The molecule has 1 fully saturated rings. The summed E-state index contributed by atoms with van der Waals surface area (Å²) in [4.78, 5) is 14.3. The van der Waals surface area contributed by atoms with Crippen molar-refractivity contribution >= 4 is 5.91 Å². The highest BCUT2D eigenvalue weighted by Crippen LogP contribution is 2.17. The predicted octanol–water partition coefficient (Wildman–Crippen LogP) is 1.49. The first-order chi connectivity index (χ1) is 8.71. The van der Waals surface area contributed by atoms with Crippen molar-refractivity contribution < 1.29 is 4.79 Å². The molecule has 1 saturated carbocycles. The largest absolute Gasteiger partial charge is 0.352 e. The van der Waals surface area contributed by atoms with Gasteiger partial charge in [-0.2, -0.15) is 0 Å². The molecule has 106 valence electrons. The number of amides is 1. The quantitative estimate of drug-likeness (QED) is 0.691. The zero-order valence-corrected chi connectivity index (χ0v) is 12.0. The third-order valence-electron chi connectivity index (χ3n) is 3.94. The molecule has 0 aliphatic heterocycles.